The molecule has 0 N–H and O–H groups in total. The van der Waals surface area contributed by atoms with Gasteiger partial charge < -0.3 is 9.30 Å². The Bertz CT molecular complexity index is 884. The molecule has 3 nitrogen and oxygen atoms in total. The van der Waals surface area contributed by atoms with Crippen LogP contribution >= 0.6 is 11.8 Å². The molecular weight excluding hydrogens is 340 g/mol. The van der Waals surface area contributed by atoms with Gasteiger partial charge in [-0.3, -0.25) is 0 Å². The summed E-state index contributed by atoms with van der Waals surface area (Å²) in [6, 6.07) is 23.5. The highest BCUT2D eigenvalue weighted by Crippen LogP contribution is 2.19. The Labute approximate surface area is 158 Å². The number of nitrogens with zero attached hydrogens (tertiary/aromatic N) is 2. The minimum atomic E-state index is 0.191. The first-order chi connectivity index (χ1) is 12.8. The van der Waals surface area contributed by atoms with E-state index in [9.17, 15) is 0 Å². The first-order valence-electron chi connectivity index (χ1n) is 8.85. The van der Waals surface area contributed by atoms with Crippen LogP contribution in [0.3, 0.4) is 0 Å². The number of rotatable bonds is 6. The predicted molar refractivity (Wildman–Crippen MR) is 108 cm³/mol. The van der Waals surface area contributed by atoms with Crippen molar-refractivity contribution in [2.75, 3.05) is 12.9 Å². The maximum absolute atomic E-state index is 5.92. The number of aromatic nitrogens is 1. The number of aliphatic imine (C=N–C) groups is 1. The number of ether oxygens (including phenoxy) is 1. The van der Waals surface area contributed by atoms with E-state index in [1.807, 2.05) is 6.07 Å². The fourth-order valence-corrected chi connectivity index (χ4v) is 3.63. The fraction of sp³-hybridized carbons (Fsp3) is 0.227. The third-order valence-electron chi connectivity index (χ3n) is 4.59. The van der Waals surface area contributed by atoms with Crippen LogP contribution < -0.4 is 0 Å². The van der Waals surface area contributed by atoms with Crippen LogP contribution in [0.1, 0.15) is 16.8 Å². The van der Waals surface area contributed by atoms with E-state index in [1.165, 1.54) is 16.0 Å². The standard InChI is InChI=1S/C22H22N2OS/c1-26-20-11-9-18(10-12-20)15-24-13-5-8-21(24)22-23-19(16-25-22)14-17-6-3-2-4-7-17/h2-13,19H,14-16H2,1H3. The summed E-state index contributed by atoms with van der Waals surface area (Å²) in [7, 11) is 0. The molecule has 0 saturated carbocycles. The van der Waals surface area contributed by atoms with Crippen LogP contribution in [0.15, 0.2) is 82.8 Å². The molecule has 2 heterocycles. The predicted octanol–water partition coefficient (Wildman–Crippen LogP) is 4.65. The van der Waals surface area contributed by atoms with Gasteiger partial charge in [-0.05, 0) is 48.1 Å². The topological polar surface area (TPSA) is 26.5 Å². The molecule has 0 fully saturated rings. The first-order valence-corrected chi connectivity index (χ1v) is 10.1. The molecule has 2 aromatic carbocycles. The van der Waals surface area contributed by atoms with Crippen LogP contribution in [0.5, 0.6) is 0 Å². The Morgan fingerprint density at radius 1 is 1.00 bits per heavy atom. The van der Waals surface area contributed by atoms with Crippen molar-refractivity contribution in [2.45, 2.75) is 23.9 Å². The quantitative estimate of drug-likeness (QED) is 0.597. The van der Waals surface area contributed by atoms with Crippen molar-refractivity contribution in [3.05, 3.63) is 89.7 Å². The van der Waals surface area contributed by atoms with Gasteiger partial charge in [0.25, 0.3) is 0 Å². The van der Waals surface area contributed by atoms with E-state index in [2.05, 4.69) is 77.7 Å². The van der Waals surface area contributed by atoms with Gasteiger partial charge in [0.15, 0.2) is 0 Å². The molecule has 0 amide bonds. The van der Waals surface area contributed by atoms with Gasteiger partial charge in [-0.2, -0.15) is 0 Å². The van der Waals surface area contributed by atoms with E-state index in [0.717, 1.165) is 24.6 Å². The van der Waals surface area contributed by atoms with E-state index in [-0.39, 0.29) is 6.04 Å². The molecule has 1 aliphatic heterocycles. The summed E-state index contributed by atoms with van der Waals surface area (Å²) < 4.78 is 8.13. The van der Waals surface area contributed by atoms with Gasteiger partial charge >= 0.3 is 0 Å². The van der Waals surface area contributed by atoms with Gasteiger partial charge in [-0.15, -0.1) is 11.8 Å². The molecule has 26 heavy (non-hydrogen) atoms. The summed E-state index contributed by atoms with van der Waals surface area (Å²) in [5.74, 6) is 0.761. The van der Waals surface area contributed by atoms with E-state index in [0.29, 0.717) is 6.61 Å². The van der Waals surface area contributed by atoms with Gasteiger partial charge in [0, 0.05) is 17.6 Å². The first kappa shape index (κ1) is 17.0. The number of hydrogen-bond acceptors (Lipinski definition) is 3. The molecule has 1 aliphatic rings. The Morgan fingerprint density at radius 3 is 2.58 bits per heavy atom. The highest BCUT2D eigenvalue weighted by Gasteiger charge is 2.22. The minimum Gasteiger partial charge on any atom is -0.474 e. The zero-order valence-electron chi connectivity index (χ0n) is 14.8. The van der Waals surface area contributed by atoms with Crippen LogP contribution in [-0.2, 0) is 17.7 Å². The smallest absolute Gasteiger partial charge is 0.233 e. The second-order valence-electron chi connectivity index (χ2n) is 6.46. The fourth-order valence-electron chi connectivity index (χ4n) is 3.22. The zero-order chi connectivity index (χ0) is 17.8. The average Bonchev–Trinajstić information content (AvgIpc) is 3.32. The Morgan fingerprint density at radius 2 is 1.81 bits per heavy atom. The lowest BCUT2D eigenvalue weighted by Gasteiger charge is -2.09. The molecule has 1 aromatic heterocycles. The largest absolute Gasteiger partial charge is 0.474 e. The highest BCUT2D eigenvalue weighted by molar-refractivity contribution is 7.98. The normalized spacial score (nSPS) is 16.3. The van der Waals surface area contributed by atoms with E-state index in [1.54, 1.807) is 11.8 Å². The molecule has 4 rings (SSSR count). The van der Waals surface area contributed by atoms with Crippen molar-refractivity contribution in [1.82, 2.24) is 4.57 Å². The van der Waals surface area contributed by atoms with Crippen LogP contribution in [-0.4, -0.2) is 29.4 Å². The number of benzene rings is 2. The summed E-state index contributed by atoms with van der Waals surface area (Å²) in [6.45, 7) is 1.47. The highest BCUT2D eigenvalue weighted by atomic mass is 32.2. The van der Waals surface area contributed by atoms with Gasteiger partial charge in [0.05, 0.1) is 6.04 Å². The Balaban J connectivity index is 1.48. The molecule has 0 spiro atoms. The molecule has 1 unspecified atom stereocenters. The van der Waals surface area contributed by atoms with E-state index in [4.69, 9.17) is 9.73 Å². The van der Waals surface area contributed by atoms with Crippen LogP contribution in [0.4, 0.5) is 0 Å². The van der Waals surface area contributed by atoms with Crippen molar-refractivity contribution in [1.29, 1.82) is 0 Å². The lowest BCUT2D eigenvalue weighted by Crippen LogP contribution is -2.11. The summed E-state index contributed by atoms with van der Waals surface area (Å²) in [4.78, 5) is 6.11. The molecule has 132 valence electrons. The average molecular weight is 362 g/mol. The maximum Gasteiger partial charge on any atom is 0.233 e. The number of hydrogen-bond donors (Lipinski definition) is 0. The maximum atomic E-state index is 5.92. The zero-order valence-corrected chi connectivity index (χ0v) is 15.7. The lowest BCUT2D eigenvalue weighted by atomic mass is 10.1. The summed E-state index contributed by atoms with van der Waals surface area (Å²) >= 11 is 1.76. The van der Waals surface area contributed by atoms with Crippen molar-refractivity contribution < 1.29 is 4.74 Å². The van der Waals surface area contributed by atoms with Crippen LogP contribution in [0, 0.1) is 0 Å². The van der Waals surface area contributed by atoms with Crippen LogP contribution in [0.25, 0.3) is 0 Å². The molecule has 0 radical (unpaired) electrons. The minimum absolute atomic E-state index is 0.191. The molecule has 0 bridgehead atoms. The van der Waals surface area contributed by atoms with E-state index >= 15 is 0 Å². The summed E-state index contributed by atoms with van der Waals surface area (Å²) in [5, 5.41) is 0. The third kappa shape index (κ3) is 3.86. The molecule has 4 heteroatoms. The summed E-state index contributed by atoms with van der Waals surface area (Å²) in [6.07, 6.45) is 5.11. The molecule has 0 aliphatic carbocycles. The molecule has 0 saturated heterocycles. The lowest BCUT2D eigenvalue weighted by molar-refractivity contribution is 0.315. The van der Waals surface area contributed by atoms with Gasteiger partial charge in [0.2, 0.25) is 5.90 Å². The Kier molecular flexibility index (Phi) is 5.12. The molecule has 1 atom stereocenters. The SMILES string of the molecule is CSc1ccc(Cn2cccc2C2=NC(Cc3ccccc3)CO2)cc1. The number of thioether (sulfide) groups is 1. The summed E-state index contributed by atoms with van der Waals surface area (Å²) in [5.41, 5.74) is 3.63. The van der Waals surface area contributed by atoms with Crippen molar-refractivity contribution in [3.63, 3.8) is 0 Å². The Hall–Kier alpha value is -2.46. The monoisotopic (exact) mass is 362 g/mol. The third-order valence-corrected chi connectivity index (χ3v) is 5.33. The van der Waals surface area contributed by atoms with Crippen LogP contribution in [0.2, 0.25) is 0 Å². The van der Waals surface area contributed by atoms with Crippen molar-refractivity contribution >= 4 is 17.7 Å². The van der Waals surface area contributed by atoms with Gasteiger partial charge in [-0.25, -0.2) is 4.99 Å². The van der Waals surface area contributed by atoms with Crippen molar-refractivity contribution in [3.8, 4) is 0 Å². The van der Waals surface area contributed by atoms with Gasteiger partial charge in [0.1, 0.15) is 12.3 Å². The van der Waals surface area contributed by atoms with Gasteiger partial charge in [-0.1, -0.05) is 42.5 Å². The molecule has 3 aromatic rings. The molecular formula is C22H22N2OS. The second kappa shape index (κ2) is 7.83. The van der Waals surface area contributed by atoms with Crippen molar-refractivity contribution in [2.24, 2.45) is 4.99 Å². The second-order valence-corrected chi connectivity index (χ2v) is 7.34. The van der Waals surface area contributed by atoms with E-state index < -0.39 is 0 Å².